The van der Waals surface area contributed by atoms with Crippen molar-refractivity contribution < 1.29 is 0 Å². The van der Waals surface area contributed by atoms with Crippen molar-refractivity contribution in [3.63, 3.8) is 0 Å². The molecule has 0 amide bonds. The number of nitrogens with two attached hydrogens (primary N) is 1. The van der Waals surface area contributed by atoms with Gasteiger partial charge in [0.05, 0.1) is 0 Å². The highest BCUT2D eigenvalue weighted by Crippen LogP contribution is 2.20. The Morgan fingerprint density at radius 1 is 1.64 bits per heavy atom. The minimum absolute atomic E-state index is 0.235. The van der Waals surface area contributed by atoms with Crippen molar-refractivity contribution in [2.75, 3.05) is 11.9 Å². The Labute approximate surface area is 65.2 Å². The van der Waals surface area contributed by atoms with Crippen LogP contribution in [0, 0.1) is 6.92 Å². The van der Waals surface area contributed by atoms with Gasteiger partial charge in [-0.3, -0.25) is 5.10 Å². The lowest BCUT2D eigenvalue weighted by Crippen LogP contribution is -2.35. The van der Waals surface area contributed by atoms with Gasteiger partial charge >= 0.3 is 0 Å². The number of hydrogen-bond acceptors (Lipinski definition) is 3. The highest BCUT2D eigenvalue weighted by atomic mass is 15.2. The normalized spacial score (nSPS) is 22.5. The number of anilines is 1. The van der Waals surface area contributed by atoms with Crippen molar-refractivity contribution in [2.45, 2.75) is 19.4 Å². The molecule has 4 heteroatoms. The average Bonchev–Trinajstić information content (AvgIpc) is 2.33. The van der Waals surface area contributed by atoms with Crippen molar-refractivity contribution in [1.29, 1.82) is 0 Å². The van der Waals surface area contributed by atoms with Gasteiger partial charge in [-0.05, 0) is 13.3 Å². The molecule has 0 aliphatic carbocycles. The number of rotatable bonds is 0. The largest absolute Gasteiger partial charge is 0.367 e. The van der Waals surface area contributed by atoms with Gasteiger partial charge in [-0.2, -0.15) is 5.10 Å². The molecule has 1 aromatic rings. The molecule has 1 aromatic heterocycles. The first-order valence-corrected chi connectivity index (χ1v) is 3.80. The van der Waals surface area contributed by atoms with E-state index >= 15 is 0 Å². The number of nitrogens with one attached hydrogen (secondary N) is 2. The highest BCUT2D eigenvalue weighted by Gasteiger charge is 2.18. The minimum Gasteiger partial charge on any atom is -0.367 e. The molecule has 0 fully saturated rings. The van der Waals surface area contributed by atoms with Crippen LogP contribution in [0.25, 0.3) is 0 Å². The van der Waals surface area contributed by atoms with E-state index in [4.69, 9.17) is 5.73 Å². The van der Waals surface area contributed by atoms with E-state index in [1.165, 1.54) is 5.56 Å². The van der Waals surface area contributed by atoms with Crippen molar-refractivity contribution in [2.24, 2.45) is 5.73 Å². The first kappa shape index (κ1) is 6.67. The maximum atomic E-state index is 5.77. The maximum Gasteiger partial charge on any atom is 0.151 e. The molecule has 1 aliphatic rings. The number of nitrogens with zero attached hydrogens (tertiary/aromatic N) is 1. The molecule has 2 heterocycles. The fourth-order valence-electron chi connectivity index (χ4n) is 1.41. The SMILES string of the molecule is Cc1[nH]nc2c1C[C@@H](N)CN2. The summed E-state index contributed by atoms with van der Waals surface area (Å²) in [6, 6.07) is 0.235. The van der Waals surface area contributed by atoms with Crippen LogP contribution in [0.3, 0.4) is 0 Å². The van der Waals surface area contributed by atoms with E-state index in [1.807, 2.05) is 6.92 Å². The highest BCUT2D eigenvalue weighted by molar-refractivity contribution is 5.49. The van der Waals surface area contributed by atoms with Crippen molar-refractivity contribution in [3.8, 4) is 0 Å². The number of aryl methyl sites for hydroxylation is 1. The van der Waals surface area contributed by atoms with Gasteiger partial charge in [0.15, 0.2) is 5.82 Å². The van der Waals surface area contributed by atoms with Gasteiger partial charge in [0, 0.05) is 23.8 Å². The second kappa shape index (κ2) is 2.23. The molecule has 2 rings (SSSR count). The Balaban J connectivity index is 2.37. The molecule has 4 nitrogen and oxygen atoms in total. The Hall–Kier alpha value is -1.03. The molecule has 0 spiro atoms. The molecule has 0 radical (unpaired) electrons. The Morgan fingerprint density at radius 3 is 3.27 bits per heavy atom. The van der Waals surface area contributed by atoms with Crippen LogP contribution in [-0.4, -0.2) is 22.8 Å². The van der Waals surface area contributed by atoms with Gasteiger partial charge in [-0.15, -0.1) is 0 Å². The molecule has 0 unspecified atom stereocenters. The predicted octanol–water partition coefficient (Wildman–Crippen LogP) is 0.0134. The summed E-state index contributed by atoms with van der Waals surface area (Å²) in [5, 5.41) is 10.2. The van der Waals surface area contributed by atoms with Gasteiger partial charge in [-0.25, -0.2) is 0 Å². The molecule has 4 N–H and O–H groups in total. The lowest BCUT2D eigenvalue weighted by atomic mass is 10.0. The maximum absolute atomic E-state index is 5.77. The monoisotopic (exact) mass is 152 g/mol. The van der Waals surface area contributed by atoms with Crippen LogP contribution in [0.4, 0.5) is 5.82 Å². The van der Waals surface area contributed by atoms with Crippen molar-refractivity contribution in [1.82, 2.24) is 10.2 Å². The van der Waals surface area contributed by atoms with Crippen molar-refractivity contribution in [3.05, 3.63) is 11.3 Å². The van der Waals surface area contributed by atoms with Gasteiger partial charge in [-0.1, -0.05) is 0 Å². The summed E-state index contributed by atoms with van der Waals surface area (Å²) in [5.74, 6) is 0.976. The second-order valence-corrected chi connectivity index (χ2v) is 3.02. The van der Waals surface area contributed by atoms with Crippen LogP contribution in [0.2, 0.25) is 0 Å². The molecule has 0 saturated heterocycles. The third kappa shape index (κ3) is 0.991. The van der Waals surface area contributed by atoms with Gasteiger partial charge in [0.25, 0.3) is 0 Å². The minimum atomic E-state index is 0.235. The summed E-state index contributed by atoms with van der Waals surface area (Å²) >= 11 is 0. The number of hydrogen-bond donors (Lipinski definition) is 3. The quantitative estimate of drug-likeness (QED) is 0.490. The summed E-state index contributed by atoms with van der Waals surface area (Å²) in [6.45, 7) is 2.85. The fraction of sp³-hybridized carbons (Fsp3) is 0.571. The van der Waals surface area contributed by atoms with E-state index in [0.717, 1.165) is 24.5 Å². The van der Waals surface area contributed by atoms with E-state index in [9.17, 15) is 0 Å². The molecule has 0 aromatic carbocycles. The molecule has 0 saturated carbocycles. The third-order valence-corrected chi connectivity index (χ3v) is 2.07. The summed E-state index contributed by atoms with van der Waals surface area (Å²) in [4.78, 5) is 0. The topological polar surface area (TPSA) is 66.7 Å². The Kier molecular flexibility index (Phi) is 1.35. The van der Waals surface area contributed by atoms with Gasteiger partial charge in [0.1, 0.15) is 0 Å². The summed E-state index contributed by atoms with van der Waals surface area (Å²) in [6.07, 6.45) is 0.935. The van der Waals surface area contributed by atoms with Crippen LogP contribution in [0.5, 0.6) is 0 Å². The molecule has 1 atom stereocenters. The van der Waals surface area contributed by atoms with Crippen molar-refractivity contribution >= 4 is 5.82 Å². The molecule has 1 aliphatic heterocycles. The zero-order chi connectivity index (χ0) is 7.84. The van der Waals surface area contributed by atoms with E-state index < -0.39 is 0 Å². The zero-order valence-electron chi connectivity index (χ0n) is 6.52. The Morgan fingerprint density at radius 2 is 2.45 bits per heavy atom. The van der Waals surface area contributed by atoms with E-state index in [2.05, 4.69) is 15.5 Å². The fourth-order valence-corrected chi connectivity index (χ4v) is 1.41. The predicted molar refractivity (Wildman–Crippen MR) is 43.5 cm³/mol. The summed E-state index contributed by atoms with van der Waals surface area (Å²) < 4.78 is 0. The lowest BCUT2D eigenvalue weighted by Gasteiger charge is -2.18. The first-order valence-electron chi connectivity index (χ1n) is 3.80. The molecule has 0 bridgehead atoms. The van der Waals surface area contributed by atoms with Crippen LogP contribution in [-0.2, 0) is 6.42 Å². The second-order valence-electron chi connectivity index (χ2n) is 3.02. The number of aromatic amines is 1. The van der Waals surface area contributed by atoms with Crippen LogP contribution < -0.4 is 11.1 Å². The lowest BCUT2D eigenvalue weighted by molar-refractivity contribution is 0.676. The first-order chi connectivity index (χ1) is 5.27. The molecular formula is C7H12N4. The zero-order valence-corrected chi connectivity index (χ0v) is 6.52. The summed E-state index contributed by atoms with van der Waals surface area (Å²) in [7, 11) is 0. The van der Waals surface area contributed by atoms with Gasteiger partial charge in [0.2, 0.25) is 0 Å². The standard InChI is InChI=1S/C7H12N4/c1-4-6-2-5(8)3-9-7(6)11-10-4/h5H,2-3,8H2,1H3,(H2,9,10,11)/t5-/m1/s1. The smallest absolute Gasteiger partial charge is 0.151 e. The van der Waals surface area contributed by atoms with E-state index in [1.54, 1.807) is 0 Å². The number of aromatic nitrogens is 2. The summed E-state index contributed by atoms with van der Waals surface area (Å²) in [5.41, 5.74) is 8.14. The van der Waals surface area contributed by atoms with E-state index in [-0.39, 0.29) is 6.04 Å². The van der Waals surface area contributed by atoms with Gasteiger partial charge < -0.3 is 11.1 Å². The number of H-pyrrole nitrogens is 1. The van der Waals surface area contributed by atoms with E-state index in [0.29, 0.717) is 0 Å². The third-order valence-electron chi connectivity index (χ3n) is 2.07. The molecule has 11 heavy (non-hydrogen) atoms. The van der Waals surface area contributed by atoms with Crippen LogP contribution >= 0.6 is 0 Å². The van der Waals surface area contributed by atoms with Crippen LogP contribution in [0.1, 0.15) is 11.3 Å². The molecule has 60 valence electrons. The average molecular weight is 152 g/mol. The van der Waals surface area contributed by atoms with Crippen LogP contribution in [0.15, 0.2) is 0 Å². The number of fused-ring (bicyclic) bond motifs is 1. The Bertz CT molecular complexity index is 265. The molecular weight excluding hydrogens is 140 g/mol.